The molecule has 198 valence electrons. The Balaban J connectivity index is 1.50. The van der Waals surface area contributed by atoms with Gasteiger partial charge in [-0.25, -0.2) is 4.98 Å². The average molecular weight is 514 g/mol. The summed E-state index contributed by atoms with van der Waals surface area (Å²) in [6.07, 6.45) is 6.24. The van der Waals surface area contributed by atoms with Gasteiger partial charge in [-0.1, -0.05) is 37.3 Å². The molecule has 2 aromatic carbocycles. The largest absolute Gasteiger partial charge is 0.497 e. The van der Waals surface area contributed by atoms with Gasteiger partial charge < -0.3 is 23.5 Å². The van der Waals surface area contributed by atoms with Crippen molar-refractivity contribution in [1.29, 1.82) is 0 Å². The Labute approximate surface area is 224 Å². The molecule has 1 aliphatic rings. The number of likely N-dealkylation sites (tertiary alicyclic amines) is 1. The van der Waals surface area contributed by atoms with Crippen LogP contribution < -0.4 is 14.2 Å². The summed E-state index contributed by atoms with van der Waals surface area (Å²) >= 11 is 0. The fourth-order valence-electron chi connectivity index (χ4n) is 5.10. The number of carbonyl (C=O) groups is 1. The summed E-state index contributed by atoms with van der Waals surface area (Å²) in [5.41, 5.74) is 3.66. The Kier molecular flexibility index (Phi) is 7.82. The molecule has 7 nitrogen and oxygen atoms in total. The van der Waals surface area contributed by atoms with Gasteiger partial charge in [0.25, 0.3) is 0 Å². The number of aromatic nitrogens is 2. The number of methoxy groups -OCH3 is 2. The van der Waals surface area contributed by atoms with Crippen LogP contribution in [0.5, 0.6) is 17.2 Å². The lowest BCUT2D eigenvalue weighted by atomic mass is 9.90. The summed E-state index contributed by atoms with van der Waals surface area (Å²) in [6, 6.07) is 19.8. The van der Waals surface area contributed by atoms with Crippen molar-refractivity contribution in [1.82, 2.24) is 14.3 Å². The third kappa shape index (κ3) is 5.62. The van der Waals surface area contributed by atoms with E-state index in [9.17, 15) is 4.79 Å². The van der Waals surface area contributed by atoms with Gasteiger partial charge in [-0.3, -0.25) is 4.79 Å². The van der Waals surface area contributed by atoms with E-state index in [0.29, 0.717) is 36.2 Å². The number of pyridine rings is 1. The molecule has 0 spiro atoms. The molecule has 1 unspecified atom stereocenters. The van der Waals surface area contributed by atoms with Gasteiger partial charge in [0, 0.05) is 43.9 Å². The van der Waals surface area contributed by atoms with Crippen LogP contribution in [0.25, 0.3) is 5.65 Å². The van der Waals surface area contributed by atoms with Gasteiger partial charge in [0.05, 0.1) is 19.9 Å². The van der Waals surface area contributed by atoms with Crippen molar-refractivity contribution < 1.29 is 19.0 Å². The maximum atomic E-state index is 13.6. The van der Waals surface area contributed by atoms with Crippen LogP contribution in [0, 0.1) is 5.92 Å². The van der Waals surface area contributed by atoms with Gasteiger partial charge >= 0.3 is 0 Å². The Morgan fingerprint density at radius 3 is 2.39 bits per heavy atom. The molecule has 0 aliphatic carbocycles. The van der Waals surface area contributed by atoms with E-state index in [1.54, 1.807) is 14.2 Å². The number of hydrogen-bond donors (Lipinski definition) is 0. The van der Waals surface area contributed by atoms with E-state index in [1.807, 2.05) is 82.4 Å². The van der Waals surface area contributed by atoms with Gasteiger partial charge in [-0.15, -0.1) is 0 Å². The number of piperidine rings is 1. The van der Waals surface area contributed by atoms with Crippen LogP contribution in [0.15, 0.2) is 73.1 Å². The van der Waals surface area contributed by atoms with Crippen LogP contribution in [0.4, 0.5) is 0 Å². The predicted molar refractivity (Wildman–Crippen MR) is 147 cm³/mol. The molecule has 0 saturated carbocycles. The van der Waals surface area contributed by atoms with E-state index in [-0.39, 0.29) is 11.8 Å². The highest BCUT2D eigenvalue weighted by atomic mass is 16.5. The van der Waals surface area contributed by atoms with Crippen molar-refractivity contribution in [3.8, 4) is 17.2 Å². The van der Waals surface area contributed by atoms with Crippen molar-refractivity contribution in [3.05, 3.63) is 89.9 Å². The topological polar surface area (TPSA) is 65.3 Å². The van der Waals surface area contributed by atoms with Crippen molar-refractivity contribution >= 4 is 11.6 Å². The van der Waals surface area contributed by atoms with E-state index in [4.69, 9.17) is 19.2 Å². The summed E-state index contributed by atoms with van der Waals surface area (Å²) in [5.74, 6) is 2.63. The second-order valence-electron chi connectivity index (χ2n) is 9.99. The number of nitrogens with zero attached hydrogens (tertiary/aromatic N) is 3. The molecule has 5 rings (SSSR count). The highest BCUT2D eigenvalue weighted by Crippen LogP contribution is 2.36. The van der Waals surface area contributed by atoms with Gasteiger partial charge in [-0.05, 0) is 54.2 Å². The number of carbonyl (C=O) groups excluding carboxylic acids is 1. The third-order valence-corrected chi connectivity index (χ3v) is 7.41. The van der Waals surface area contributed by atoms with Crippen LogP contribution in [0.2, 0.25) is 0 Å². The second-order valence-corrected chi connectivity index (χ2v) is 9.99. The molecule has 1 amide bonds. The highest BCUT2D eigenvalue weighted by molar-refractivity contribution is 5.78. The van der Waals surface area contributed by atoms with E-state index in [1.165, 1.54) is 0 Å². The normalized spacial score (nSPS) is 14.9. The van der Waals surface area contributed by atoms with Gasteiger partial charge in [0.1, 0.15) is 18.1 Å². The minimum Gasteiger partial charge on any atom is -0.497 e. The summed E-state index contributed by atoms with van der Waals surface area (Å²) in [4.78, 5) is 20.3. The number of imidazole rings is 1. The maximum Gasteiger partial charge on any atom is 0.223 e. The number of amides is 1. The molecule has 1 fully saturated rings. The zero-order valence-corrected chi connectivity index (χ0v) is 22.3. The SMILES string of the molecule is COc1cc(OC)cc(C(CC(=O)N2CCC(C)CC2)c2cnc3c(OCc4ccccc4)cccn23)c1. The van der Waals surface area contributed by atoms with Gasteiger partial charge in [-0.2, -0.15) is 0 Å². The minimum atomic E-state index is -0.245. The number of ether oxygens (including phenoxy) is 3. The number of fused-ring (bicyclic) bond motifs is 1. The zero-order valence-electron chi connectivity index (χ0n) is 22.3. The number of benzene rings is 2. The van der Waals surface area contributed by atoms with Gasteiger partial charge in [0.2, 0.25) is 5.91 Å². The Bertz CT molecular complexity index is 1350. The molecule has 3 heterocycles. The lowest BCUT2D eigenvalue weighted by molar-refractivity contribution is -0.132. The quantitative estimate of drug-likeness (QED) is 0.287. The molecule has 1 saturated heterocycles. The second kappa shape index (κ2) is 11.6. The standard InChI is InChI=1S/C31H35N3O4/c1-22-11-14-33(15-12-22)30(35)19-27(24-16-25(36-2)18-26(17-24)37-3)28-20-32-31-29(10-7-13-34(28)31)38-21-23-8-5-4-6-9-23/h4-10,13,16-18,20,22,27H,11-12,14-15,19,21H2,1-3H3. The molecule has 1 aliphatic heterocycles. The average Bonchev–Trinajstić information content (AvgIpc) is 3.39. The third-order valence-electron chi connectivity index (χ3n) is 7.41. The summed E-state index contributed by atoms with van der Waals surface area (Å²) in [5, 5.41) is 0. The first kappa shape index (κ1) is 25.6. The van der Waals surface area contributed by atoms with Crippen LogP contribution in [0.1, 0.15) is 48.9 Å². The molecule has 4 aromatic rings. The molecule has 0 radical (unpaired) electrons. The smallest absolute Gasteiger partial charge is 0.223 e. The van der Waals surface area contributed by atoms with Crippen LogP contribution >= 0.6 is 0 Å². The van der Waals surface area contributed by atoms with E-state index >= 15 is 0 Å². The molecule has 2 aromatic heterocycles. The predicted octanol–water partition coefficient (Wildman–Crippen LogP) is 5.71. The lowest BCUT2D eigenvalue weighted by Gasteiger charge is -2.31. The van der Waals surface area contributed by atoms with Crippen LogP contribution in [-0.2, 0) is 11.4 Å². The molecule has 38 heavy (non-hydrogen) atoms. The Morgan fingerprint density at radius 2 is 1.71 bits per heavy atom. The maximum absolute atomic E-state index is 13.6. The van der Waals surface area contributed by atoms with Crippen LogP contribution in [-0.4, -0.2) is 47.5 Å². The van der Waals surface area contributed by atoms with Crippen molar-refractivity contribution in [2.75, 3.05) is 27.3 Å². The molecule has 1 atom stereocenters. The number of rotatable bonds is 9. The minimum absolute atomic E-state index is 0.148. The van der Waals surface area contributed by atoms with Crippen molar-refractivity contribution in [3.63, 3.8) is 0 Å². The fraction of sp³-hybridized carbons (Fsp3) is 0.355. The van der Waals surface area contributed by atoms with E-state index in [0.717, 1.165) is 48.4 Å². The first-order chi connectivity index (χ1) is 18.6. The van der Waals surface area contributed by atoms with Crippen molar-refractivity contribution in [2.24, 2.45) is 5.92 Å². The van der Waals surface area contributed by atoms with Crippen molar-refractivity contribution in [2.45, 2.75) is 38.7 Å². The zero-order chi connectivity index (χ0) is 26.5. The molecule has 0 bridgehead atoms. The monoisotopic (exact) mass is 513 g/mol. The fourth-order valence-corrected chi connectivity index (χ4v) is 5.10. The molecule has 0 N–H and O–H groups in total. The Hall–Kier alpha value is -4.00. The lowest BCUT2D eigenvalue weighted by Crippen LogP contribution is -2.38. The van der Waals surface area contributed by atoms with E-state index < -0.39 is 0 Å². The highest BCUT2D eigenvalue weighted by Gasteiger charge is 2.28. The first-order valence-electron chi connectivity index (χ1n) is 13.2. The number of hydrogen-bond acceptors (Lipinski definition) is 5. The van der Waals surface area contributed by atoms with Gasteiger partial charge in [0.15, 0.2) is 11.4 Å². The summed E-state index contributed by atoms with van der Waals surface area (Å²) in [7, 11) is 3.27. The van der Waals surface area contributed by atoms with E-state index in [2.05, 4.69) is 6.92 Å². The van der Waals surface area contributed by atoms with Crippen LogP contribution in [0.3, 0.4) is 0 Å². The molecular formula is C31H35N3O4. The molecular weight excluding hydrogens is 478 g/mol. The summed E-state index contributed by atoms with van der Waals surface area (Å²) in [6.45, 7) is 4.31. The summed E-state index contributed by atoms with van der Waals surface area (Å²) < 4.78 is 19.3. The first-order valence-corrected chi connectivity index (χ1v) is 13.2. The Morgan fingerprint density at radius 1 is 1.00 bits per heavy atom. The molecule has 7 heteroatoms.